The summed E-state index contributed by atoms with van der Waals surface area (Å²) in [6.45, 7) is 1.93. The fourth-order valence-corrected chi connectivity index (χ4v) is 2.22. The van der Waals surface area contributed by atoms with E-state index in [0.717, 1.165) is 22.3 Å². The highest BCUT2D eigenvalue weighted by atomic mass is 32.2. The lowest BCUT2D eigenvalue weighted by Gasteiger charge is -2.02. The van der Waals surface area contributed by atoms with E-state index >= 15 is 0 Å². The molecule has 16 heavy (non-hydrogen) atoms. The number of phenols is 1. The maximum Gasteiger partial charge on any atom is 0.143 e. The van der Waals surface area contributed by atoms with Gasteiger partial charge in [-0.2, -0.15) is 0 Å². The first-order valence-electron chi connectivity index (χ1n) is 4.93. The van der Waals surface area contributed by atoms with Gasteiger partial charge < -0.3 is 9.67 Å². The van der Waals surface area contributed by atoms with E-state index in [1.165, 1.54) is 0 Å². The molecule has 1 heterocycles. The van der Waals surface area contributed by atoms with Gasteiger partial charge in [-0.3, -0.25) is 0 Å². The molecule has 0 radical (unpaired) electrons. The zero-order chi connectivity index (χ0) is 11.5. The lowest BCUT2D eigenvalue weighted by atomic mass is 10.3. The van der Waals surface area contributed by atoms with Crippen molar-refractivity contribution in [3.8, 4) is 5.75 Å². The summed E-state index contributed by atoms with van der Waals surface area (Å²) in [5.41, 5.74) is 0. The average molecular weight is 235 g/mol. The maximum atomic E-state index is 9.32. The molecular formula is C11H13N3OS. The van der Waals surface area contributed by atoms with E-state index < -0.39 is 0 Å². The smallest absolute Gasteiger partial charge is 0.143 e. The maximum absolute atomic E-state index is 9.32. The quantitative estimate of drug-likeness (QED) is 0.828. The molecule has 0 fully saturated rings. The number of aromatic hydroxyl groups is 1. The number of aromatic nitrogens is 3. The summed E-state index contributed by atoms with van der Waals surface area (Å²) < 4.78 is 1.97. The summed E-state index contributed by atoms with van der Waals surface area (Å²) in [6, 6.07) is 7.21. The fourth-order valence-electron chi connectivity index (χ4n) is 1.30. The molecule has 0 bridgehead atoms. The number of aryl methyl sites for hydroxylation is 1. The van der Waals surface area contributed by atoms with E-state index in [9.17, 15) is 5.11 Å². The normalized spacial score (nSPS) is 10.6. The second-order valence-electron chi connectivity index (χ2n) is 3.51. The molecule has 0 atom stereocenters. The van der Waals surface area contributed by atoms with Crippen LogP contribution in [-0.4, -0.2) is 19.9 Å². The summed E-state index contributed by atoms with van der Waals surface area (Å²) in [4.78, 5) is 1.03. The number of thioether (sulfide) groups is 1. The van der Waals surface area contributed by atoms with Crippen molar-refractivity contribution in [3.63, 3.8) is 0 Å². The Kier molecular flexibility index (Phi) is 3.14. The monoisotopic (exact) mass is 235 g/mol. The van der Waals surface area contributed by atoms with Gasteiger partial charge >= 0.3 is 0 Å². The van der Waals surface area contributed by atoms with Gasteiger partial charge in [-0.05, 0) is 25.1 Å². The zero-order valence-electron chi connectivity index (χ0n) is 9.21. The van der Waals surface area contributed by atoms with Crippen molar-refractivity contribution < 1.29 is 5.11 Å². The third-order valence-corrected chi connectivity index (χ3v) is 3.36. The van der Waals surface area contributed by atoms with Crippen LogP contribution in [0.4, 0.5) is 0 Å². The molecule has 0 spiro atoms. The number of phenolic OH excluding ortho intramolecular Hbond substituents is 1. The van der Waals surface area contributed by atoms with Gasteiger partial charge in [-0.15, -0.1) is 22.0 Å². The lowest BCUT2D eigenvalue weighted by molar-refractivity contribution is 0.474. The molecular weight excluding hydrogens is 222 g/mol. The van der Waals surface area contributed by atoms with Crippen LogP contribution in [0.5, 0.6) is 5.75 Å². The van der Waals surface area contributed by atoms with Crippen molar-refractivity contribution in [2.45, 2.75) is 17.6 Å². The molecule has 0 aliphatic carbocycles. The van der Waals surface area contributed by atoms with Crippen LogP contribution in [0.1, 0.15) is 11.6 Å². The second kappa shape index (κ2) is 4.57. The lowest BCUT2D eigenvalue weighted by Crippen LogP contribution is -1.97. The Morgan fingerprint density at radius 3 is 2.81 bits per heavy atom. The predicted octanol–water partition coefficient (Wildman–Crippen LogP) is 2.12. The van der Waals surface area contributed by atoms with Crippen LogP contribution in [0.2, 0.25) is 0 Å². The number of benzene rings is 1. The average Bonchev–Trinajstić information content (AvgIpc) is 2.57. The van der Waals surface area contributed by atoms with E-state index in [1.807, 2.05) is 30.7 Å². The van der Waals surface area contributed by atoms with Crippen molar-refractivity contribution >= 4 is 11.8 Å². The first-order valence-corrected chi connectivity index (χ1v) is 5.92. The number of hydrogen-bond acceptors (Lipinski definition) is 4. The Hall–Kier alpha value is -1.49. The molecule has 0 saturated heterocycles. The minimum Gasteiger partial charge on any atom is -0.508 e. The standard InChI is InChI=1S/C11H13N3OS/c1-8-12-13-11(14(8)2)7-16-10-5-3-4-9(15)6-10/h3-6,15H,7H2,1-2H3. The first kappa shape index (κ1) is 11.0. The first-order chi connectivity index (χ1) is 7.66. The number of nitrogens with zero attached hydrogens (tertiary/aromatic N) is 3. The Morgan fingerprint density at radius 1 is 1.38 bits per heavy atom. The van der Waals surface area contributed by atoms with E-state index in [1.54, 1.807) is 23.9 Å². The van der Waals surface area contributed by atoms with Crippen molar-refractivity contribution in [1.82, 2.24) is 14.8 Å². The largest absolute Gasteiger partial charge is 0.508 e. The molecule has 1 aromatic heterocycles. The van der Waals surface area contributed by atoms with Crippen molar-refractivity contribution in [2.24, 2.45) is 7.05 Å². The Bertz CT molecular complexity index is 496. The molecule has 0 amide bonds. The summed E-state index contributed by atoms with van der Waals surface area (Å²) >= 11 is 1.63. The van der Waals surface area contributed by atoms with Gasteiger partial charge in [-0.1, -0.05) is 6.07 Å². The summed E-state index contributed by atoms with van der Waals surface area (Å²) in [5.74, 6) is 2.89. The van der Waals surface area contributed by atoms with Gasteiger partial charge in [0.1, 0.15) is 17.4 Å². The van der Waals surface area contributed by atoms with Gasteiger partial charge in [0, 0.05) is 11.9 Å². The van der Waals surface area contributed by atoms with Crippen LogP contribution < -0.4 is 0 Å². The van der Waals surface area contributed by atoms with Crippen molar-refractivity contribution in [3.05, 3.63) is 35.9 Å². The molecule has 84 valence electrons. The summed E-state index contributed by atoms with van der Waals surface area (Å²) in [6.07, 6.45) is 0. The van der Waals surface area contributed by atoms with E-state index in [2.05, 4.69) is 10.2 Å². The number of hydrogen-bond donors (Lipinski definition) is 1. The zero-order valence-corrected chi connectivity index (χ0v) is 10.0. The highest BCUT2D eigenvalue weighted by Gasteiger charge is 2.05. The Balaban J connectivity index is 2.05. The van der Waals surface area contributed by atoms with Crippen LogP contribution in [-0.2, 0) is 12.8 Å². The summed E-state index contributed by atoms with van der Waals surface area (Å²) in [5, 5.41) is 17.4. The van der Waals surface area contributed by atoms with Gasteiger partial charge in [0.15, 0.2) is 0 Å². The predicted molar refractivity (Wildman–Crippen MR) is 63.4 cm³/mol. The molecule has 1 aromatic carbocycles. The fraction of sp³-hybridized carbons (Fsp3) is 0.273. The van der Waals surface area contributed by atoms with Crippen LogP contribution in [0.15, 0.2) is 29.2 Å². The van der Waals surface area contributed by atoms with E-state index in [4.69, 9.17) is 0 Å². The molecule has 5 heteroatoms. The molecule has 0 saturated carbocycles. The van der Waals surface area contributed by atoms with Crippen molar-refractivity contribution in [1.29, 1.82) is 0 Å². The minimum atomic E-state index is 0.291. The molecule has 0 aliphatic rings. The van der Waals surface area contributed by atoms with Gasteiger partial charge in [0.25, 0.3) is 0 Å². The van der Waals surface area contributed by atoms with Crippen LogP contribution in [0.25, 0.3) is 0 Å². The van der Waals surface area contributed by atoms with E-state index in [-0.39, 0.29) is 0 Å². The molecule has 0 aliphatic heterocycles. The van der Waals surface area contributed by atoms with Crippen LogP contribution >= 0.6 is 11.8 Å². The molecule has 0 unspecified atom stereocenters. The summed E-state index contributed by atoms with van der Waals surface area (Å²) in [7, 11) is 1.95. The van der Waals surface area contributed by atoms with Gasteiger partial charge in [0.05, 0.1) is 5.75 Å². The third-order valence-electron chi connectivity index (χ3n) is 2.37. The highest BCUT2D eigenvalue weighted by Crippen LogP contribution is 2.24. The van der Waals surface area contributed by atoms with Crippen LogP contribution in [0.3, 0.4) is 0 Å². The minimum absolute atomic E-state index is 0.291. The van der Waals surface area contributed by atoms with Crippen LogP contribution in [0, 0.1) is 6.92 Å². The third kappa shape index (κ3) is 2.36. The molecule has 2 rings (SSSR count). The van der Waals surface area contributed by atoms with E-state index in [0.29, 0.717) is 5.75 Å². The highest BCUT2D eigenvalue weighted by molar-refractivity contribution is 7.98. The number of rotatable bonds is 3. The Morgan fingerprint density at radius 2 is 2.19 bits per heavy atom. The molecule has 1 N–H and O–H groups in total. The van der Waals surface area contributed by atoms with Crippen molar-refractivity contribution in [2.75, 3.05) is 0 Å². The second-order valence-corrected chi connectivity index (χ2v) is 4.56. The molecule has 4 nitrogen and oxygen atoms in total. The topological polar surface area (TPSA) is 50.9 Å². The Labute approximate surface area is 98.3 Å². The van der Waals surface area contributed by atoms with Gasteiger partial charge in [-0.25, -0.2) is 0 Å². The SMILES string of the molecule is Cc1nnc(CSc2cccc(O)c2)n1C. The van der Waals surface area contributed by atoms with Gasteiger partial charge in [0.2, 0.25) is 0 Å². The molecule has 2 aromatic rings.